The molecule has 0 aliphatic rings. The van der Waals surface area contributed by atoms with Crippen molar-refractivity contribution in [2.45, 2.75) is 20.8 Å². The molecule has 0 bridgehead atoms. The number of benzene rings is 2. The Labute approximate surface area is 149 Å². The standard InChI is InChI=1S/C19H18FN3OS/c1-11-8-12(2)10-16(9-11)22-18(24)17-13(3)21-19(25-17)23-15-6-4-14(20)5-7-15/h4-10H,1-3H3,(H,21,23)(H,22,24). The molecule has 1 amide bonds. The lowest BCUT2D eigenvalue weighted by Gasteiger charge is -2.06. The van der Waals surface area contributed by atoms with Crippen LogP contribution in [0.3, 0.4) is 0 Å². The predicted molar refractivity (Wildman–Crippen MR) is 100 cm³/mol. The zero-order valence-electron chi connectivity index (χ0n) is 14.2. The van der Waals surface area contributed by atoms with Crippen molar-refractivity contribution in [3.05, 3.63) is 70.0 Å². The Kier molecular flexibility index (Phi) is 4.81. The quantitative estimate of drug-likeness (QED) is 0.676. The van der Waals surface area contributed by atoms with Crippen LogP contribution in [0.5, 0.6) is 0 Å². The van der Waals surface area contributed by atoms with Crippen molar-refractivity contribution in [1.29, 1.82) is 0 Å². The summed E-state index contributed by atoms with van der Waals surface area (Å²) >= 11 is 1.27. The van der Waals surface area contributed by atoms with Crippen molar-refractivity contribution in [2.75, 3.05) is 10.6 Å². The van der Waals surface area contributed by atoms with E-state index in [1.54, 1.807) is 19.1 Å². The molecule has 3 aromatic rings. The van der Waals surface area contributed by atoms with Gasteiger partial charge in [-0.05, 0) is 68.3 Å². The Morgan fingerprint density at radius 3 is 2.28 bits per heavy atom. The maximum Gasteiger partial charge on any atom is 0.267 e. The Morgan fingerprint density at radius 2 is 1.64 bits per heavy atom. The number of carbonyl (C=O) groups is 1. The van der Waals surface area contributed by atoms with Crippen molar-refractivity contribution in [1.82, 2.24) is 4.98 Å². The Morgan fingerprint density at radius 1 is 1.00 bits per heavy atom. The SMILES string of the molecule is Cc1cc(C)cc(NC(=O)c2sc(Nc3ccc(F)cc3)nc2C)c1. The fraction of sp³-hybridized carbons (Fsp3) is 0.158. The van der Waals surface area contributed by atoms with Crippen molar-refractivity contribution in [3.8, 4) is 0 Å². The smallest absolute Gasteiger partial charge is 0.267 e. The first-order valence-corrected chi connectivity index (χ1v) is 8.62. The van der Waals surface area contributed by atoms with Gasteiger partial charge in [0.05, 0.1) is 5.69 Å². The second kappa shape index (κ2) is 7.03. The normalized spacial score (nSPS) is 10.6. The van der Waals surface area contributed by atoms with E-state index in [1.807, 2.05) is 26.0 Å². The molecule has 1 heterocycles. The van der Waals surface area contributed by atoms with Gasteiger partial charge in [0.1, 0.15) is 10.7 Å². The molecule has 0 aliphatic heterocycles. The Hall–Kier alpha value is -2.73. The second-order valence-electron chi connectivity index (χ2n) is 5.90. The average molecular weight is 355 g/mol. The first kappa shape index (κ1) is 17.1. The lowest BCUT2D eigenvalue weighted by molar-refractivity contribution is 0.103. The number of halogens is 1. The van der Waals surface area contributed by atoms with Gasteiger partial charge in [0.25, 0.3) is 5.91 Å². The highest BCUT2D eigenvalue weighted by Crippen LogP contribution is 2.27. The van der Waals surface area contributed by atoms with Crippen LogP contribution >= 0.6 is 11.3 Å². The van der Waals surface area contributed by atoms with Gasteiger partial charge in [-0.1, -0.05) is 17.4 Å². The summed E-state index contributed by atoms with van der Waals surface area (Å²) in [4.78, 5) is 17.5. The van der Waals surface area contributed by atoms with E-state index >= 15 is 0 Å². The van der Waals surface area contributed by atoms with Crippen molar-refractivity contribution < 1.29 is 9.18 Å². The molecule has 6 heteroatoms. The number of anilines is 3. The minimum atomic E-state index is -0.297. The van der Waals surface area contributed by atoms with E-state index in [2.05, 4.69) is 21.7 Å². The molecule has 3 rings (SSSR count). The monoisotopic (exact) mass is 355 g/mol. The van der Waals surface area contributed by atoms with Gasteiger partial charge >= 0.3 is 0 Å². The summed E-state index contributed by atoms with van der Waals surface area (Å²) in [7, 11) is 0. The van der Waals surface area contributed by atoms with E-state index in [9.17, 15) is 9.18 Å². The lowest BCUT2D eigenvalue weighted by atomic mass is 10.1. The maximum atomic E-state index is 13.0. The molecule has 2 N–H and O–H groups in total. The largest absolute Gasteiger partial charge is 0.332 e. The first-order chi connectivity index (χ1) is 11.9. The number of amides is 1. The maximum absolute atomic E-state index is 13.0. The number of carbonyl (C=O) groups excluding carboxylic acids is 1. The number of aryl methyl sites for hydroxylation is 3. The minimum Gasteiger partial charge on any atom is -0.332 e. The van der Waals surface area contributed by atoms with Crippen LogP contribution in [-0.4, -0.2) is 10.9 Å². The third-order valence-electron chi connectivity index (χ3n) is 3.58. The van der Waals surface area contributed by atoms with Gasteiger partial charge in [-0.3, -0.25) is 4.79 Å². The Balaban J connectivity index is 1.77. The Bertz CT molecular complexity index is 899. The molecule has 0 fully saturated rings. The molecular formula is C19H18FN3OS. The van der Waals surface area contributed by atoms with Crippen LogP contribution in [0.4, 0.5) is 20.9 Å². The average Bonchev–Trinajstić information content (AvgIpc) is 2.89. The molecule has 0 saturated carbocycles. The fourth-order valence-corrected chi connectivity index (χ4v) is 3.43. The van der Waals surface area contributed by atoms with Crippen molar-refractivity contribution >= 4 is 33.8 Å². The highest BCUT2D eigenvalue weighted by molar-refractivity contribution is 7.17. The first-order valence-electron chi connectivity index (χ1n) is 7.80. The van der Waals surface area contributed by atoms with Crippen LogP contribution in [0.2, 0.25) is 0 Å². The highest BCUT2D eigenvalue weighted by Gasteiger charge is 2.16. The molecule has 128 valence electrons. The van der Waals surface area contributed by atoms with Gasteiger partial charge in [0.15, 0.2) is 5.13 Å². The number of hydrogen-bond acceptors (Lipinski definition) is 4. The minimum absolute atomic E-state index is 0.188. The number of nitrogens with zero attached hydrogens (tertiary/aromatic N) is 1. The predicted octanol–water partition coefficient (Wildman–Crippen LogP) is 5.20. The molecule has 2 aromatic carbocycles. The van der Waals surface area contributed by atoms with Gasteiger partial charge in [0.2, 0.25) is 0 Å². The van der Waals surface area contributed by atoms with E-state index in [0.29, 0.717) is 15.7 Å². The number of thiazole rings is 1. The van der Waals surface area contributed by atoms with Crippen LogP contribution in [0.15, 0.2) is 42.5 Å². The van der Waals surface area contributed by atoms with Crippen molar-refractivity contribution in [2.24, 2.45) is 0 Å². The summed E-state index contributed by atoms with van der Waals surface area (Å²) in [5.41, 5.74) is 4.32. The van der Waals surface area contributed by atoms with Gasteiger partial charge in [-0.25, -0.2) is 9.37 Å². The van der Waals surface area contributed by atoms with Gasteiger partial charge < -0.3 is 10.6 Å². The molecule has 0 saturated heterocycles. The van der Waals surface area contributed by atoms with Crippen LogP contribution < -0.4 is 10.6 Å². The summed E-state index contributed by atoms with van der Waals surface area (Å²) in [5.74, 6) is -0.485. The topological polar surface area (TPSA) is 54.0 Å². The summed E-state index contributed by atoms with van der Waals surface area (Å²) in [5, 5.41) is 6.60. The second-order valence-corrected chi connectivity index (χ2v) is 6.90. The molecule has 25 heavy (non-hydrogen) atoms. The highest BCUT2D eigenvalue weighted by atomic mass is 32.1. The van der Waals surface area contributed by atoms with E-state index in [-0.39, 0.29) is 11.7 Å². The summed E-state index contributed by atoms with van der Waals surface area (Å²) in [6, 6.07) is 11.9. The summed E-state index contributed by atoms with van der Waals surface area (Å²) in [6.07, 6.45) is 0. The third-order valence-corrected chi connectivity index (χ3v) is 4.65. The number of nitrogens with one attached hydrogen (secondary N) is 2. The molecule has 1 aromatic heterocycles. The number of aromatic nitrogens is 1. The van der Waals surface area contributed by atoms with E-state index in [4.69, 9.17) is 0 Å². The van der Waals surface area contributed by atoms with Crippen molar-refractivity contribution in [3.63, 3.8) is 0 Å². The molecule has 0 aliphatic carbocycles. The van der Waals surface area contributed by atoms with Crippen LogP contribution in [0.1, 0.15) is 26.5 Å². The van der Waals surface area contributed by atoms with Gasteiger partial charge in [0, 0.05) is 11.4 Å². The van der Waals surface area contributed by atoms with Gasteiger partial charge in [-0.2, -0.15) is 0 Å². The van der Waals surface area contributed by atoms with Crippen LogP contribution in [0.25, 0.3) is 0 Å². The van der Waals surface area contributed by atoms with Gasteiger partial charge in [-0.15, -0.1) is 0 Å². The lowest BCUT2D eigenvalue weighted by Crippen LogP contribution is -2.11. The molecule has 4 nitrogen and oxygen atoms in total. The van der Waals surface area contributed by atoms with E-state index < -0.39 is 0 Å². The number of hydrogen-bond donors (Lipinski definition) is 2. The zero-order chi connectivity index (χ0) is 18.0. The molecule has 0 unspecified atom stereocenters. The molecule has 0 spiro atoms. The van der Waals surface area contributed by atoms with E-state index in [1.165, 1.54) is 23.5 Å². The van der Waals surface area contributed by atoms with Crippen LogP contribution in [-0.2, 0) is 0 Å². The third kappa shape index (κ3) is 4.22. The molecule has 0 atom stereocenters. The number of rotatable bonds is 4. The van der Waals surface area contributed by atoms with Crippen LogP contribution in [0, 0.1) is 26.6 Å². The summed E-state index contributed by atoms with van der Waals surface area (Å²) < 4.78 is 13.0. The molecular weight excluding hydrogens is 337 g/mol. The summed E-state index contributed by atoms with van der Waals surface area (Å²) in [6.45, 7) is 5.78. The zero-order valence-corrected chi connectivity index (χ0v) is 15.0. The molecule has 0 radical (unpaired) electrons. The fourth-order valence-electron chi connectivity index (χ4n) is 2.55. The van der Waals surface area contributed by atoms with E-state index in [0.717, 1.165) is 22.5 Å².